The molecule has 0 N–H and O–H groups in total. The number of hydrogen-bond donors (Lipinski definition) is 0. The van der Waals surface area contributed by atoms with Gasteiger partial charge in [0.2, 0.25) is 0 Å². The molecule has 1 aliphatic rings. The van der Waals surface area contributed by atoms with Gasteiger partial charge in [-0.15, -0.1) is 0 Å². The number of nitrogens with zero attached hydrogens (tertiary/aromatic N) is 1. The molecule has 0 aliphatic carbocycles. The van der Waals surface area contributed by atoms with Crippen molar-refractivity contribution in [2.45, 2.75) is 79.0 Å². The number of piperidine rings is 1. The first-order chi connectivity index (χ1) is 13.3. The highest BCUT2D eigenvalue weighted by atomic mass is 16.7. The second kappa shape index (κ2) is 10.7. The van der Waals surface area contributed by atoms with E-state index < -0.39 is 0 Å². The van der Waals surface area contributed by atoms with Crippen LogP contribution in [0.3, 0.4) is 0 Å². The standard InChI is InChI=1S/C24H31NO3.2CH4/c1-23(2)16-11-17-24(3,4)25(23)28-21(19-12-7-5-8-13-19)18-27-22(26)20-14-9-6-10-15-20;;/h5-10,12-15,21H,11,16-18H2,1-4H3;2*1H4. The zero-order chi connectivity index (χ0) is 20.2. The van der Waals surface area contributed by atoms with Crippen LogP contribution in [-0.2, 0) is 9.57 Å². The number of ether oxygens (including phenoxy) is 1. The van der Waals surface area contributed by atoms with E-state index in [9.17, 15) is 4.79 Å². The molecular formula is C26H39NO3. The summed E-state index contributed by atoms with van der Waals surface area (Å²) in [6.45, 7) is 9.02. The van der Waals surface area contributed by atoms with Crippen LogP contribution in [0.1, 0.15) is 83.8 Å². The molecule has 4 heteroatoms. The summed E-state index contributed by atoms with van der Waals surface area (Å²) in [5, 5.41) is 2.12. The third-order valence-corrected chi connectivity index (χ3v) is 5.46. The molecule has 30 heavy (non-hydrogen) atoms. The van der Waals surface area contributed by atoms with Crippen molar-refractivity contribution in [3.05, 3.63) is 71.8 Å². The van der Waals surface area contributed by atoms with E-state index in [1.54, 1.807) is 12.1 Å². The Bertz CT molecular complexity index is 755. The highest BCUT2D eigenvalue weighted by molar-refractivity contribution is 5.89. The van der Waals surface area contributed by atoms with Gasteiger partial charge in [0.05, 0.1) is 5.56 Å². The van der Waals surface area contributed by atoms with Crippen LogP contribution in [0.15, 0.2) is 60.7 Å². The predicted molar refractivity (Wildman–Crippen MR) is 124 cm³/mol. The van der Waals surface area contributed by atoms with Gasteiger partial charge in [0.25, 0.3) is 0 Å². The molecule has 1 saturated heterocycles. The number of esters is 1. The third-order valence-electron chi connectivity index (χ3n) is 5.46. The molecule has 2 aromatic rings. The van der Waals surface area contributed by atoms with Gasteiger partial charge in [-0.3, -0.25) is 4.84 Å². The van der Waals surface area contributed by atoms with Gasteiger partial charge in [0, 0.05) is 11.1 Å². The summed E-state index contributed by atoms with van der Waals surface area (Å²) in [7, 11) is 0. The Hall–Kier alpha value is -2.17. The minimum atomic E-state index is -0.356. The van der Waals surface area contributed by atoms with Gasteiger partial charge in [0.1, 0.15) is 12.7 Å². The first-order valence-corrected chi connectivity index (χ1v) is 10.0. The van der Waals surface area contributed by atoms with Gasteiger partial charge >= 0.3 is 5.97 Å². The maximum absolute atomic E-state index is 12.4. The minimum Gasteiger partial charge on any atom is -0.459 e. The summed E-state index contributed by atoms with van der Waals surface area (Å²) in [5.74, 6) is -0.331. The van der Waals surface area contributed by atoms with Gasteiger partial charge in [-0.25, -0.2) is 4.79 Å². The van der Waals surface area contributed by atoms with E-state index in [2.05, 4.69) is 32.8 Å². The number of carbonyl (C=O) groups excluding carboxylic acids is 1. The second-order valence-corrected chi connectivity index (χ2v) is 8.74. The van der Waals surface area contributed by atoms with E-state index in [1.165, 1.54) is 6.42 Å². The lowest BCUT2D eigenvalue weighted by atomic mass is 9.82. The van der Waals surface area contributed by atoms with Crippen molar-refractivity contribution >= 4 is 5.97 Å². The van der Waals surface area contributed by atoms with Gasteiger partial charge in [-0.2, -0.15) is 5.06 Å². The lowest BCUT2D eigenvalue weighted by Crippen LogP contribution is -2.58. The first kappa shape index (κ1) is 25.9. The molecule has 4 nitrogen and oxygen atoms in total. The molecule has 0 amide bonds. The maximum atomic E-state index is 12.4. The van der Waals surface area contributed by atoms with Crippen LogP contribution >= 0.6 is 0 Å². The normalized spacial score (nSPS) is 18.4. The molecule has 2 aromatic carbocycles. The maximum Gasteiger partial charge on any atom is 0.338 e. The average Bonchev–Trinajstić information content (AvgIpc) is 2.67. The van der Waals surface area contributed by atoms with Gasteiger partial charge in [0.15, 0.2) is 0 Å². The fourth-order valence-corrected chi connectivity index (χ4v) is 4.05. The molecule has 0 saturated carbocycles. The topological polar surface area (TPSA) is 38.8 Å². The Morgan fingerprint density at radius 1 is 0.900 bits per heavy atom. The summed E-state index contributed by atoms with van der Waals surface area (Å²) in [4.78, 5) is 19.0. The van der Waals surface area contributed by atoms with Gasteiger partial charge in [-0.1, -0.05) is 63.4 Å². The predicted octanol–water partition coefficient (Wildman–Crippen LogP) is 6.83. The summed E-state index contributed by atoms with van der Waals surface area (Å²) in [6, 6.07) is 19.1. The molecular weight excluding hydrogens is 374 g/mol. The Morgan fingerprint density at radius 2 is 1.40 bits per heavy atom. The molecule has 0 bridgehead atoms. The van der Waals surface area contributed by atoms with Gasteiger partial charge in [-0.05, 0) is 64.7 Å². The average molecular weight is 414 g/mol. The van der Waals surface area contributed by atoms with Crippen LogP contribution in [-0.4, -0.2) is 28.7 Å². The van der Waals surface area contributed by atoms with Gasteiger partial charge < -0.3 is 4.74 Å². The summed E-state index contributed by atoms with van der Waals surface area (Å²) >= 11 is 0. The number of benzene rings is 2. The smallest absolute Gasteiger partial charge is 0.338 e. The largest absolute Gasteiger partial charge is 0.459 e. The van der Waals surface area contributed by atoms with Crippen molar-refractivity contribution in [2.24, 2.45) is 0 Å². The van der Waals surface area contributed by atoms with E-state index >= 15 is 0 Å². The molecule has 1 atom stereocenters. The molecule has 0 spiro atoms. The van der Waals surface area contributed by atoms with Crippen molar-refractivity contribution in [3.8, 4) is 0 Å². The summed E-state index contributed by atoms with van der Waals surface area (Å²) < 4.78 is 5.63. The van der Waals surface area contributed by atoms with Crippen LogP contribution in [0.2, 0.25) is 0 Å². The van der Waals surface area contributed by atoms with Crippen LogP contribution in [0.5, 0.6) is 0 Å². The Labute approximate surface area is 183 Å². The van der Waals surface area contributed by atoms with Crippen LogP contribution in [0, 0.1) is 0 Å². The third kappa shape index (κ3) is 6.16. The van der Waals surface area contributed by atoms with E-state index in [0.29, 0.717) is 5.56 Å². The highest BCUT2D eigenvalue weighted by Gasteiger charge is 2.44. The molecule has 1 heterocycles. The molecule has 3 rings (SSSR count). The van der Waals surface area contributed by atoms with E-state index in [4.69, 9.17) is 9.57 Å². The Balaban J connectivity index is 0.00000225. The zero-order valence-electron chi connectivity index (χ0n) is 17.4. The molecule has 1 unspecified atom stereocenters. The van der Waals surface area contributed by atoms with Crippen molar-refractivity contribution < 1.29 is 14.4 Å². The van der Waals surface area contributed by atoms with E-state index in [0.717, 1.165) is 18.4 Å². The molecule has 0 aromatic heterocycles. The zero-order valence-corrected chi connectivity index (χ0v) is 17.4. The molecule has 1 aliphatic heterocycles. The van der Waals surface area contributed by atoms with Crippen LogP contribution in [0.25, 0.3) is 0 Å². The quantitative estimate of drug-likeness (QED) is 0.486. The molecule has 166 valence electrons. The number of hydrogen-bond acceptors (Lipinski definition) is 4. The van der Waals surface area contributed by atoms with E-state index in [1.807, 2.05) is 48.5 Å². The second-order valence-electron chi connectivity index (χ2n) is 8.74. The highest BCUT2D eigenvalue weighted by Crippen LogP contribution is 2.40. The fourth-order valence-electron chi connectivity index (χ4n) is 4.05. The lowest BCUT2D eigenvalue weighted by Gasteiger charge is -2.52. The molecule has 0 radical (unpaired) electrons. The van der Waals surface area contributed by atoms with Crippen molar-refractivity contribution in [2.75, 3.05) is 6.61 Å². The van der Waals surface area contributed by atoms with Crippen molar-refractivity contribution in [1.82, 2.24) is 5.06 Å². The minimum absolute atomic E-state index is 0. The van der Waals surface area contributed by atoms with Crippen molar-refractivity contribution in [3.63, 3.8) is 0 Å². The first-order valence-electron chi connectivity index (χ1n) is 10.0. The van der Waals surface area contributed by atoms with Crippen LogP contribution < -0.4 is 0 Å². The lowest BCUT2D eigenvalue weighted by molar-refractivity contribution is -0.311. The fraction of sp³-hybridized carbons (Fsp3) is 0.500. The molecule has 1 fully saturated rings. The van der Waals surface area contributed by atoms with E-state index in [-0.39, 0.29) is 44.6 Å². The summed E-state index contributed by atoms with van der Waals surface area (Å²) in [5.41, 5.74) is 1.38. The Kier molecular flexibility index (Phi) is 9.26. The SMILES string of the molecule is C.C.CC1(C)CCCC(C)(C)N1OC(COC(=O)c1ccccc1)c1ccccc1. The monoisotopic (exact) mass is 413 g/mol. The van der Waals surface area contributed by atoms with Crippen molar-refractivity contribution in [1.29, 1.82) is 0 Å². The Morgan fingerprint density at radius 3 is 1.93 bits per heavy atom. The van der Waals surface area contributed by atoms with Crippen LogP contribution in [0.4, 0.5) is 0 Å². The number of carbonyl (C=O) groups is 1. The number of hydroxylamine groups is 2. The number of rotatable bonds is 6. The summed E-state index contributed by atoms with van der Waals surface area (Å²) in [6.07, 6.45) is 2.97.